The molecule has 0 atom stereocenters. The van der Waals surface area contributed by atoms with Crippen LogP contribution in [0, 0.1) is 20.2 Å². The smallest absolute Gasteiger partial charge is 0.379 e. The summed E-state index contributed by atoms with van der Waals surface area (Å²) in [7, 11) is 0. The Morgan fingerprint density at radius 3 is 1.17 bits per heavy atom. The van der Waals surface area contributed by atoms with Crippen molar-refractivity contribution in [2.24, 2.45) is 0 Å². The van der Waals surface area contributed by atoms with Crippen molar-refractivity contribution in [3.8, 4) is 0 Å². The second kappa shape index (κ2) is 35.7. The fraction of sp³-hybridized carbons (Fsp3) is 0.632. The molecule has 0 saturated carbocycles. The number of nitrogens with zero attached hydrogens (tertiary/aromatic N) is 2. The largest absolute Gasteiger partial charge is 0.457 e. The highest BCUT2D eigenvalue weighted by Crippen LogP contribution is 2.28. The summed E-state index contributed by atoms with van der Waals surface area (Å²) in [5.41, 5.74) is -0.264. The number of ketones is 1. The number of nitro benzene ring substituents is 2. The number of carbonyl (C=O) groups excluding carboxylic acids is 2. The lowest BCUT2D eigenvalue weighted by Crippen LogP contribution is -2.20. The van der Waals surface area contributed by atoms with Gasteiger partial charge in [-0.2, -0.15) is 0 Å². The summed E-state index contributed by atoms with van der Waals surface area (Å²) in [5.74, 6) is -1.60. The van der Waals surface area contributed by atoms with Crippen LogP contribution < -0.4 is 5.32 Å². The molecule has 0 aliphatic heterocycles. The Hall–Kier alpha value is -4.26. The van der Waals surface area contributed by atoms with E-state index < -0.39 is 21.6 Å². The van der Waals surface area contributed by atoms with E-state index in [-0.39, 0.29) is 49.0 Å². The number of ether oxygens (including phenoxy) is 12. The van der Waals surface area contributed by atoms with Gasteiger partial charge in [-0.25, -0.2) is 4.79 Å². The molecule has 0 spiro atoms. The van der Waals surface area contributed by atoms with Crippen LogP contribution in [0.5, 0.6) is 0 Å². The SMILES string of the molecule is O=C(OCCOCCOCCOCCOCCOCCOCCOCCOCCOCCOCCOCCNc1ccc([N+](=O)[O-])cc1[N+](=O)[O-])C(=O)c1ccccc1. The molecule has 59 heavy (non-hydrogen) atoms. The van der Waals surface area contributed by atoms with E-state index in [4.69, 9.17) is 56.8 Å². The highest BCUT2D eigenvalue weighted by Gasteiger charge is 2.19. The molecule has 2 rings (SSSR count). The average molecular weight is 844 g/mol. The Morgan fingerprint density at radius 1 is 0.458 bits per heavy atom. The minimum atomic E-state index is -0.910. The van der Waals surface area contributed by atoms with Gasteiger partial charge in [-0.1, -0.05) is 30.3 Å². The van der Waals surface area contributed by atoms with Gasteiger partial charge in [0.15, 0.2) is 0 Å². The Kier molecular flexibility index (Phi) is 30.8. The van der Waals surface area contributed by atoms with Crippen LogP contribution >= 0.6 is 0 Å². The van der Waals surface area contributed by atoms with Crippen LogP contribution in [-0.2, 0) is 61.6 Å². The Labute approximate surface area is 343 Å². The second-order valence-corrected chi connectivity index (χ2v) is 11.7. The van der Waals surface area contributed by atoms with Crippen molar-refractivity contribution in [1.82, 2.24) is 0 Å². The van der Waals surface area contributed by atoms with Gasteiger partial charge in [0.25, 0.3) is 17.2 Å². The van der Waals surface area contributed by atoms with Gasteiger partial charge in [0.05, 0.1) is 161 Å². The highest BCUT2D eigenvalue weighted by atomic mass is 16.6. The monoisotopic (exact) mass is 843 g/mol. The molecule has 0 aliphatic carbocycles. The summed E-state index contributed by atoms with van der Waals surface area (Å²) < 4.78 is 64.7. The van der Waals surface area contributed by atoms with Crippen molar-refractivity contribution in [3.05, 3.63) is 74.3 Å². The molecule has 0 saturated heterocycles. The average Bonchev–Trinajstić information content (AvgIpc) is 3.24. The third-order valence-electron chi connectivity index (χ3n) is 7.35. The van der Waals surface area contributed by atoms with Crippen molar-refractivity contribution in [1.29, 1.82) is 0 Å². The lowest BCUT2D eigenvalue weighted by Gasteiger charge is -2.09. The number of nitrogens with one attached hydrogen (secondary N) is 1. The number of hydrogen-bond acceptors (Lipinski definition) is 19. The maximum absolute atomic E-state index is 11.9. The Morgan fingerprint density at radius 2 is 0.814 bits per heavy atom. The number of nitro groups is 2. The van der Waals surface area contributed by atoms with Crippen LogP contribution in [0.25, 0.3) is 0 Å². The first-order valence-electron chi connectivity index (χ1n) is 19.2. The molecule has 0 unspecified atom stereocenters. The summed E-state index contributed by atoms with van der Waals surface area (Å²) in [4.78, 5) is 44.3. The van der Waals surface area contributed by atoms with Gasteiger partial charge in [0.1, 0.15) is 12.3 Å². The summed E-state index contributed by atoms with van der Waals surface area (Å²) in [6.07, 6.45) is 0. The van der Waals surface area contributed by atoms with Crippen LogP contribution in [0.1, 0.15) is 10.4 Å². The molecule has 1 N–H and O–H groups in total. The van der Waals surface area contributed by atoms with Crippen LogP contribution in [0.15, 0.2) is 48.5 Å². The van der Waals surface area contributed by atoms with E-state index in [1.54, 1.807) is 30.3 Å². The predicted octanol–water partition coefficient (Wildman–Crippen LogP) is 2.52. The molecular weight excluding hydrogens is 786 g/mol. The second-order valence-electron chi connectivity index (χ2n) is 11.7. The number of Topliss-reactive ketones (excluding diaryl/α,β-unsaturated/α-hetero) is 1. The van der Waals surface area contributed by atoms with Crippen molar-refractivity contribution < 1.29 is 76.3 Å². The van der Waals surface area contributed by atoms with Gasteiger partial charge < -0.3 is 62.2 Å². The normalized spacial score (nSPS) is 11.1. The summed E-state index contributed by atoms with van der Waals surface area (Å²) in [6.45, 7) is 8.94. The number of anilines is 1. The van der Waals surface area contributed by atoms with E-state index in [9.17, 15) is 29.8 Å². The number of esters is 1. The van der Waals surface area contributed by atoms with Crippen molar-refractivity contribution >= 4 is 28.8 Å². The fourth-order valence-corrected chi connectivity index (χ4v) is 4.46. The van der Waals surface area contributed by atoms with Crippen LogP contribution in [0.3, 0.4) is 0 Å². The first kappa shape index (κ1) is 50.9. The van der Waals surface area contributed by atoms with Crippen molar-refractivity contribution in [3.63, 3.8) is 0 Å². The molecule has 0 bridgehead atoms. The molecule has 0 amide bonds. The summed E-state index contributed by atoms with van der Waals surface area (Å²) in [5, 5.41) is 24.8. The molecule has 0 radical (unpaired) electrons. The van der Waals surface area contributed by atoms with Crippen molar-refractivity contribution in [2.75, 3.05) is 164 Å². The number of hydrogen-bond donors (Lipinski definition) is 1. The molecule has 0 aliphatic rings. The maximum Gasteiger partial charge on any atom is 0.379 e. The number of benzene rings is 2. The minimum absolute atomic E-state index is 0.0174. The Balaban J connectivity index is 1.19. The number of rotatable bonds is 41. The zero-order valence-electron chi connectivity index (χ0n) is 33.3. The maximum atomic E-state index is 11.9. The van der Waals surface area contributed by atoms with Gasteiger partial charge in [-0.3, -0.25) is 25.0 Å². The first-order chi connectivity index (χ1) is 28.9. The zero-order chi connectivity index (χ0) is 42.4. The van der Waals surface area contributed by atoms with Gasteiger partial charge in [0.2, 0.25) is 0 Å². The van der Waals surface area contributed by atoms with Gasteiger partial charge >= 0.3 is 5.97 Å². The number of non-ortho nitro benzene ring substituents is 1. The van der Waals surface area contributed by atoms with Crippen molar-refractivity contribution in [2.45, 2.75) is 0 Å². The fourth-order valence-electron chi connectivity index (χ4n) is 4.46. The lowest BCUT2D eigenvalue weighted by molar-refractivity contribution is -0.393. The quantitative estimate of drug-likeness (QED) is 0.0252. The van der Waals surface area contributed by atoms with Crippen LogP contribution in [0.2, 0.25) is 0 Å². The molecule has 332 valence electrons. The van der Waals surface area contributed by atoms with E-state index in [2.05, 4.69) is 5.32 Å². The van der Waals surface area contributed by atoms with E-state index >= 15 is 0 Å². The summed E-state index contributed by atoms with van der Waals surface area (Å²) >= 11 is 0. The molecule has 21 nitrogen and oxygen atoms in total. The zero-order valence-corrected chi connectivity index (χ0v) is 33.3. The topological polar surface area (TPSA) is 243 Å². The first-order valence-corrected chi connectivity index (χ1v) is 19.2. The summed E-state index contributed by atoms with van der Waals surface area (Å²) in [6, 6.07) is 11.6. The highest BCUT2D eigenvalue weighted by molar-refractivity contribution is 6.40. The Bertz CT molecular complexity index is 1410. The van der Waals surface area contributed by atoms with Crippen LogP contribution in [0.4, 0.5) is 17.1 Å². The third-order valence-corrected chi connectivity index (χ3v) is 7.35. The molecular formula is C38H57N3O18. The molecule has 0 fully saturated rings. The lowest BCUT2D eigenvalue weighted by atomic mass is 10.1. The van der Waals surface area contributed by atoms with Gasteiger partial charge in [0, 0.05) is 18.2 Å². The van der Waals surface area contributed by atoms with E-state index in [0.29, 0.717) is 132 Å². The molecule has 0 aromatic heterocycles. The standard InChI is InChI=1S/C38H57N3O18/c42-37(33-4-2-1-3-5-33)38(43)59-31-30-58-29-28-57-27-26-56-25-24-55-23-22-54-21-20-53-19-18-52-17-16-51-15-14-50-13-12-49-11-10-48-9-8-39-35-7-6-34(40(44)45)32-36(35)41(46)47/h1-7,32,39H,8-31H2. The van der Waals surface area contributed by atoms with Crippen LogP contribution in [-0.4, -0.2) is 180 Å². The molecule has 0 heterocycles. The molecule has 2 aromatic carbocycles. The number of carbonyl (C=O) groups is 2. The van der Waals surface area contributed by atoms with E-state index in [1.807, 2.05) is 0 Å². The van der Waals surface area contributed by atoms with E-state index in [1.165, 1.54) is 12.1 Å². The molecule has 21 heteroatoms. The van der Waals surface area contributed by atoms with Gasteiger partial charge in [-0.15, -0.1) is 0 Å². The minimum Gasteiger partial charge on any atom is -0.457 e. The van der Waals surface area contributed by atoms with E-state index in [0.717, 1.165) is 6.07 Å². The third kappa shape index (κ3) is 27.2. The predicted molar refractivity (Wildman–Crippen MR) is 209 cm³/mol. The molecule has 2 aromatic rings. The van der Waals surface area contributed by atoms with Gasteiger partial charge in [-0.05, 0) is 6.07 Å².